The smallest absolute Gasteiger partial charge is 0.0676 e. The van der Waals surface area contributed by atoms with E-state index in [0.717, 1.165) is 0 Å². The van der Waals surface area contributed by atoms with Crippen molar-refractivity contribution in [3.05, 3.63) is 30.3 Å². The molecule has 1 heterocycles. The summed E-state index contributed by atoms with van der Waals surface area (Å²) in [5.41, 5.74) is 0. The zero-order valence-electron chi connectivity index (χ0n) is 21.4. The Morgan fingerprint density at radius 3 is 1.07 bits per heavy atom. The maximum Gasteiger partial charge on any atom is 0.0676 e. The molecule has 1 aromatic rings. The molecular formula is C24H47Si4. The Balaban J connectivity index is 3.10. The van der Waals surface area contributed by atoms with E-state index in [-0.39, 0.29) is 0 Å². The third-order valence-electron chi connectivity index (χ3n) is 8.19. The fourth-order valence-electron chi connectivity index (χ4n) is 9.66. The quantitative estimate of drug-likeness (QED) is 0.390. The van der Waals surface area contributed by atoms with Crippen LogP contribution in [0.2, 0.25) is 33.2 Å². The van der Waals surface area contributed by atoms with Gasteiger partial charge in [-0.15, -0.1) is 0 Å². The first-order valence-corrected chi connectivity index (χ1v) is 23.7. The molecule has 1 saturated heterocycles. The van der Waals surface area contributed by atoms with Gasteiger partial charge in [0.1, 0.15) is 0 Å². The maximum atomic E-state index is 2.88. The van der Waals surface area contributed by atoms with Crippen molar-refractivity contribution in [3.63, 3.8) is 0 Å². The molecule has 1 radical (unpaired) electrons. The van der Waals surface area contributed by atoms with E-state index >= 15 is 0 Å². The molecule has 0 atom stereocenters. The minimum atomic E-state index is -1.60. The molecule has 0 aromatic heterocycles. The van der Waals surface area contributed by atoms with Crippen LogP contribution in [0.25, 0.3) is 0 Å². The highest BCUT2D eigenvalue weighted by atomic mass is 30.2. The third-order valence-corrected chi connectivity index (χ3v) is 97.1. The Morgan fingerprint density at radius 2 is 0.821 bits per heavy atom. The first-order chi connectivity index (χ1) is 12.2. The van der Waals surface area contributed by atoms with Crippen LogP contribution in [0.15, 0.2) is 30.3 Å². The Bertz CT molecular complexity index is 636. The van der Waals surface area contributed by atoms with Gasteiger partial charge in [-0.1, -0.05) is 132 Å². The van der Waals surface area contributed by atoms with Gasteiger partial charge >= 0.3 is 0 Å². The number of hydrogen-bond acceptors (Lipinski definition) is 0. The SMILES string of the molecule is CC(C)(C)[Si]1(C(C)(C)C)[Si](c2ccccc2)[Si](C(C)(C)C)(C(C)(C)C)[Si]1(C)C. The predicted octanol–water partition coefficient (Wildman–Crippen LogP) is 7.52. The largest absolute Gasteiger partial charge is 0.0734 e. The van der Waals surface area contributed by atoms with Crippen LogP contribution in [0.1, 0.15) is 83.1 Å². The van der Waals surface area contributed by atoms with Crippen molar-refractivity contribution < 1.29 is 0 Å². The van der Waals surface area contributed by atoms with Crippen LogP contribution in [0.4, 0.5) is 0 Å². The van der Waals surface area contributed by atoms with E-state index in [2.05, 4.69) is 127 Å². The molecule has 159 valence electrons. The lowest BCUT2D eigenvalue weighted by atomic mass is 10.2. The van der Waals surface area contributed by atoms with E-state index in [1.165, 1.54) is 0 Å². The first kappa shape index (κ1) is 24.4. The van der Waals surface area contributed by atoms with Gasteiger partial charge in [0.2, 0.25) is 0 Å². The summed E-state index contributed by atoms with van der Waals surface area (Å²) in [6.07, 6.45) is 0. The van der Waals surface area contributed by atoms with Crippen LogP contribution in [0, 0.1) is 0 Å². The third kappa shape index (κ3) is 2.69. The highest BCUT2D eigenvalue weighted by molar-refractivity contribution is 8.12. The summed E-state index contributed by atoms with van der Waals surface area (Å²) in [6.45, 7) is 37.4. The summed E-state index contributed by atoms with van der Waals surface area (Å²) >= 11 is 0. The van der Waals surface area contributed by atoms with E-state index in [1.54, 1.807) is 5.19 Å². The zero-order valence-corrected chi connectivity index (χ0v) is 25.4. The van der Waals surface area contributed by atoms with Gasteiger partial charge < -0.3 is 0 Å². The molecule has 1 fully saturated rings. The molecule has 0 aliphatic carbocycles. The van der Waals surface area contributed by atoms with Gasteiger partial charge in [0.05, 0.1) is 22.0 Å². The molecule has 0 nitrogen and oxygen atoms in total. The Labute approximate surface area is 180 Å². The highest BCUT2D eigenvalue weighted by Gasteiger charge is 2.88. The van der Waals surface area contributed by atoms with E-state index in [9.17, 15) is 0 Å². The summed E-state index contributed by atoms with van der Waals surface area (Å²) in [4.78, 5) is 0. The normalized spacial score (nSPS) is 22.6. The average Bonchev–Trinajstić information content (AvgIpc) is 2.39. The number of benzene rings is 1. The summed E-state index contributed by atoms with van der Waals surface area (Å²) in [6, 6.07) is 12.0. The van der Waals surface area contributed by atoms with Gasteiger partial charge in [-0.2, -0.15) is 0 Å². The van der Waals surface area contributed by atoms with Gasteiger partial charge in [0.15, 0.2) is 0 Å². The molecule has 0 N–H and O–H groups in total. The fourth-order valence-corrected chi connectivity index (χ4v) is 154. The van der Waals surface area contributed by atoms with E-state index < -0.39 is 29.2 Å². The lowest BCUT2D eigenvalue weighted by Crippen LogP contribution is -3.08. The van der Waals surface area contributed by atoms with Gasteiger partial charge in [-0.05, 0) is 20.2 Å². The topological polar surface area (TPSA) is 0 Å². The standard InChI is InChI=1S/C24H47Si4/c1-21(2,3)27(22(4,5)6)25(20-18-16-15-17-19-20)28(23(7,8)9,24(10,11)12)26(27,13)14/h15-19H,1-14H3. The van der Waals surface area contributed by atoms with Gasteiger partial charge in [0, 0.05) is 7.11 Å². The molecule has 2 rings (SSSR count). The minimum absolute atomic E-state index is 0.456. The van der Waals surface area contributed by atoms with Crippen molar-refractivity contribution in [1.82, 2.24) is 0 Å². The highest BCUT2D eigenvalue weighted by Crippen LogP contribution is 2.73. The first-order valence-electron chi connectivity index (χ1n) is 11.2. The molecule has 0 amide bonds. The monoisotopic (exact) mass is 447 g/mol. The molecular weight excluding hydrogens is 401 g/mol. The summed E-state index contributed by atoms with van der Waals surface area (Å²) in [7, 11) is -5.28. The van der Waals surface area contributed by atoms with Crippen LogP contribution in [-0.4, -0.2) is 29.2 Å². The van der Waals surface area contributed by atoms with Crippen molar-refractivity contribution in [3.8, 4) is 0 Å². The second kappa shape index (κ2) is 6.54. The van der Waals surface area contributed by atoms with Crippen molar-refractivity contribution in [2.24, 2.45) is 0 Å². The summed E-state index contributed by atoms with van der Waals surface area (Å²) < 4.78 is 0. The summed E-state index contributed by atoms with van der Waals surface area (Å²) in [5.74, 6) is 0. The van der Waals surface area contributed by atoms with Gasteiger partial charge in [-0.3, -0.25) is 0 Å². The van der Waals surface area contributed by atoms with Crippen LogP contribution in [-0.2, 0) is 0 Å². The second-order valence-electron chi connectivity index (χ2n) is 13.9. The van der Waals surface area contributed by atoms with Crippen LogP contribution in [0.5, 0.6) is 0 Å². The van der Waals surface area contributed by atoms with Crippen molar-refractivity contribution >= 4 is 34.3 Å². The van der Waals surface area contributed by atoms with E-state index in [4.69, 9.17) is 0 Å². The molecule has 1 aliphatic rings. The lowest BCUT2D eigenvalue weighted by Gasteiger charge is -2.84. The lowest BCUT2D eigenvalue weighted by molar-refractivity contribution is 0.626. The molecule has 0 unspecified atom stereocenters. The molecule has 1 aliphatic heterocycles. The Hall–Kier alpha value is 0.0875. The van der Waals surface area contributed by atoms with Crippen molar-refractivity contribution in [1.29, 1.82) is 0 Å². The van der Waals surface area contributed by atoms with Crippen molar-refractivity contribution in [2.45, 2.75) is 116 Å². The number of rotatable bonds is 1. The van der Waals surface area contributed by atoms with E-state index in [0.29, 0.717) is 20.2 Å². The second-order valence-corrected chi connectivity index (χ2v) is 52.9. The molecule has 0 bridgehead atoms. The zero-order chi connectivity index (χ0) is 22.2. The van der Waals surface area contributed by atoms with Crippen LogP contribution in [0.3, 0.4) is 0 Å². The molecule has 4 heteroatoms. The van der Waals surface area contributed by atoms with Crippen LogP contribution >= 0.6 is 0 Å². The van der Waals surface area contributed by atoms with E-state index in [1.807, 2.05) is 0 Å². The maximum absolute atomic E-state index is 2.88. The predicted molar refractivity (Wildman–Crippen MR) is 140 cm³/mol. The van der Waals surface area contributed by atoms with Crippen LogP contribution < -0.4 is 5.19 Å². The average molecular weight is 448 g/mol. The Morgan fingerprint density at radius 1 is 0.536 bits per heavy atom. The molecule has 0 saturated carbocycles. The molecule has 0 spiro atoms. The summed E-state index contributed by atoms with van der Waals surface area (Å²) in [5, 5.41) is 3.61. The van der Waals surface area contributed by atoms with Gasteiger partial charge in [-0.25, -0.2) is 0 Å². The minimum Gasteiger partial charge on any atom is -0.0734 e. The number of hydrogen-bond donors (Lipinski definition) is 0. The fraction of sp³-hybridized carbons (Fsp3) is 0.750. The van der Waals surface area contributed by atoms with Gasteiger partial charge in [0.25, 0.3) is 0 Å². The van der Waals surface area contributed by atoms with Crippen molar-refractivity contribution in [2.75, 3.05) is 0 Å². The Kier molecular flexibility index (Phi) is 5.69. The molecule has 28 heavy (non-hydrogen) atoms. The molecule has 1 aromatic carbocycles.